The van der Waals surface area contributed by atoms with Gasteiger partial charge in [0.1, 0.15) is 10.6 Å². The highest BCUT2D eigenvalue weighted by Crippen LogP contribution is 2.33. The van der Waals surface area contributed by atoms with Crippen molar-refractivity contribution >= 4 is 33.2 Å². The second-order valence-electron chi connectivity index (χ2n) is 7.27. The fourth-order valence-electron chi connectivity index (χ4n) is 3.47. The second-order valence-corrected chi connectivity index (χ2v) is 9.61. The van der Waals surface area contributed by atoms with Gasteiger partial charge in [-0.05, 0) is 56.2 Å². The number of sulfonamides is 1. The first-order valence-corrected chi connectivity index (χ1v) is 11.7. The number of hydrogen-bond donors (Lipinski definition) is 1. The van der Waals surface area contributed by atoms with Crippen LogP contribution in [0.4, 0.5) is 18.9 Å². The summed E-state index contributed by atoms with van der Waals surface area (Å²) < 4.78 is 71.5. The van der Waals surface area contributed by atoms with E-state index < -0.39 is 33.6 Å². The highest BCUT2D eigenvalue weighted by atomic mass is 35.5. The van der Waals surface area contributed by atoms with Gasteiger partial charge in [-0.25, -0.2) is 8.42 Å². The summed E-state index contributed by atoms with van der Waals surface area (Å²) in [7, 11) is -3.90. The Kier molecular flexibility index (Phi) is 7.36. The summed E-state index contributed by atoms with van der Waals surface area (Å²) in [5.74, 6) is -0.776. The third-order valence-corrected chi connectivity index (χ3v) is 7.26. The lowest BCUT2D eigenvalue weighted by Gasteiger charge is -2.31. The van der Waals surface area contributed by atoms with Crippen LogP contribution in [-0.2, 0) is 21.0 Å². The number of carbonyl (C=O) groups excluding carboxylic acids is 1. The second kappa shape index (κ2) is 9.68. The lowest BCUT2D eigenvalue weighted by molar-refractivity contribution is -0.137. The van der Waals surface area contributed by atoms with Crippen LogP contribution in [0, 0.1) is 5.92 Å². The minimum atomic E-state index is -4.51. The predicted octanol–water partition coefficient (Wildman–Crippen LogP) is 4.80. The topological polar surface area (TPSA) is 75.7 Å². The molecule has 32 heavy (non-hydrogen) atoms. The van der Waals surface area contributed by atoms with Crippen LogP contribution in [0.5, 0.6) is 5.75 Å². The first-order valence-electron chi connectivity index (χ1n) is 9.93. The number of alkyl halides is 3. The van der Waals surface area contributed by atoms with Crippen LogP contribution in [0.3, 0.4) is 0 Å². The average molecular weight is 491 g/mol. The average Bonchev–Trinajstić information content (AvgIpc) is 2.75. The van der Waals surface area contributed by atoms with Gasteiger partial charge < -0.3 is 10.1 Å². The number of halogens is 4. The predicted molar refractivity (Wildman–Crippen MR) is 114 cm³/mol. The van der Waals surface area contributed by atoms with E-state index in [9.17, 15) is 26.4 Å². The molecule has 1 aliphatic rings. The molecule has 1 amide bonds. The molecule has 0 aromatic heterocycles. The van der Waals surface area contributed by atoms with Crippen molar-refractivity contribution in [3.8, 4) is 5.75 Å². The molecule has 1 heterocycles. The summed E-state index contributed by atoms with van der Waals surface area (Å²) >= 11 is 5.98. The molecule has 0 saturated carbocycles. The quantitative estimate of drug-likeness (QED) is 0.631. The van der Waals surface area contributed by atoms with E-state index in [4.69, 9.17) is 16.3 Å². The molecule has 0 atom stereocenters. The normalized spacial score (nSPS) is 16.0. The van der Waals surface area contributed by atoms with E-state index >= 15 is 0 Å². The van der Waals surface area contributed by atoms with Gasteiger partial charge in [-0.1, -0.05) is 17.7 Å². The van der Waals surface area contributed by atoms with E-state index in [-0.39, 0.29) is 53.9 Å². The number of hydrogen-bond acceptors (Lipinski definition) is 4. The number of piperidine rings is 1. The van der Waals surface area contributed by atoms with E-state index in [1.54, 1.807) is 6.92 Å². The standard InChI is InChI=1S/C21H22ClF3N2O4S/c1-2-31-18-7-6-16(22)13-19(18)32(29,30)27-10-8-14(9-11-27)20(28)26-17-5-3-4-15(12-17)21(23,24)25/h3-7,12-14H,2,8-11H2,1H3,(H,26,28). The van der Waals surface area contributed by atoms with Gasteiger partial charge in [-0.15, -0.1) is 0 Å². The van der Waals surface area contributed by atoms with Crippen LogP contribution in [0.25, 0.3) is 0 Å². The first-order chi connectivity index (χ1) is 15.0. The molecule has 2 aromatic carbocycles. The smallest absolute Gasteiger partial charge is 0.416 e. The monoisotopic (exact) mass is 490 g/mol. The van der Waals surface area contributed by atoms with Crippen LogP contribution >= 0.6 is 11.6 Å². The minimum Gasteiger partial charge on any atom is -0.492 e. The number of anilines is 1. The zero-order valence-electron chi connectivity index (χ0n) is 17.2. The van der Waals surface area contributed by atoms with Gasteiger partial charge in [0.15, 0.2) is 0 Å². The molecule has 11 heteroatoms. The molecule has 1 N–H and O–H groups in total. The summed E-state index contributed by atoms with van der Waals surface area (Å²) in [5, 5.41) is 2.75. The van der Waals surface area contributed by atoms with Gasteiger partial charge in [0.2, 0.25) is 15.9 Å². The van der Waals surface area contributed by atoms with Crippen LogP contribution in [0.15, 0.2) is 47.4 Å². The Morgan fingerprint density at radius 2 is 1.88 bits per heavy atom. The van der Waals surface area contributed by atoms with E-state index in [1.165, 1.54) is 34.6 Å². The van der Waals surface area contributed by atoms with Crippen LogP contribution in [-0.4, -0.2) is 38.3 Å². The maximum atomic E-state index is 13.1. The van der Waals surface area contributed by atoms with Gasteiger partial charge >= 0.3 is 6.18 Å². The molecule has 1 fully saturated rings. The fraction of sp³-hybridized carbons (Fsp3) is 0.381. The molecule has 3 rings (SSSR count). The lowest BCUT2D eigenvalue weighted by atomic mass is 9.97. The molecule has 2 aromatic rings. The van der Waals surface area contributed by atoms with Crippen molar-refractivity contribution in [2.45, 2.75) is 30.8 Å². The Hall–Kier alpha value is -2.30. The molecule has 1 aliphatic heterocycles. The number of ether oxygens (including phenoxy) is 1. The van der Waals surface area contributed by atoms with E-state index in [0.717, 1.165) is 12.1 Å². The van der Waals surface area contributed by atoms with Crippen molar-refractivity contribution in [1.82, 2.24) is 4.31 Å². The maximum Gasteiger partial charge on any atom is 0.416 e. The Balaban J connectivity index is 1.67. The number of amides is 1. The maximum absolute atomic E-state index is 13.1. The highest BCUT2D eigenvalue weighted by Gasteiger charge is 2.34. The van der Waals surface area contributed by atoms with E-state index in [2.05, 4.69) is 5.32 Å². The van der Waals surface area contributed by atoms with Crippen molar-refractivity contribution in [2.75, 3.05) is 25.0 Å². The van der Waals surface area contributed by atoms with E-state index in [1.807, 2.05) is 0 Å². The summed E-state index contributed by atoms with van der Waals surface area (Å²) in [5.41, 5.74) is -0.817. The Morgan fingerprint density at radius 3 is 2.50 bits per heavy atom. The fourth-order valence-corrected chi connectivity index (χ4v) is 5.34. The molecule has 1 saturated heterocycles. The largest absolute Gasteiger partial charge is 0.492 e. The Bertz CT molecular complexity index is 1080. The third kappa shape index (κ3) is 5.54. The van der Waals surface area contributed by atoms with Crippen molar-refractivity contribution in [3.63, 3.8) is 0 Å². The molecule has 174 valence electrons. The SMILES string of the molecule is CCOc1ccc(Cl)cc1S(=O)(=O)N1CCC(C(=O)Nc2cccc(C(F)(F)F)c2)CC1. The van der Waals surface area contributed by atoms with Gasteiger partial charge in [0.05, 0.1) is 12.2 Å². The molecule has 0 aliphatic carbocycles. The van der Waals surface area contributed by atoms with Gasteiger partial charge in [0.25, 0.3) is 0 Å². The van der Waals surface area contributed by atoms with Crippen LogP contribution < -0.4 is 10.1 Å². The molecule has 0 unspecified atom stereocenters. The summed E-state index contributed by atoms with van der Waals surface area (Å²) in [6.45, 7) is 2.18. The Morgan fingerprint density at radius 1 is 1.19 bits per heavy atom. The number of carbonyl (C=O) groups is 1. The zero-order chi connectivity index (χ0) is 23.5. The molecular weight excluding hydrogens is 469 g/mol. The number of nitrogens with zero attached hydrogens (tertiary/aromatic N) is 1. The molecule has 0 radical (unpaired) electrons. The highest BCUT2D eigenvalue weighted by molar-refractivity contribution is 7.89. The lowest BCUT2D eigenvalue weighted by Crippen LogP contribution is -2.41. The number of benzene rings is 2. The van der Waals surface area contributed by atoms with E-state index in [0.29, 0.717) is 0 Å². The van der Waals surface area contributed by atoms with Gasteiger partial charge in [-0.2, -0.15) is 17.5 Å². The Labute approximate surface area is 189 Å². The summed E-state index contributed by atoms with van der Waals surface area (Å²) in [6, 6.07) is 8.74. The van der Waals surface area contributed by atoms with Crippen molar-refractivity contribution in [1.29, 1.82) is 0 Å². The van der Waals surface area contributed by atoms with Gasteiger partial charge in [-0.3, -0.25) is 4.79 Å². The first kappa shape index (κ1) is 24.3. The minimum absolute atomic E-state index is 0.0418. The van der Waals surface area contributed by atoms with Crippen molar-refractivity contribution in [3.05, 3.63) is 53.1 Å². The number of rotatable bonds is 6. The van der Waals surface area contributed by atoms with Crippen molar-refractivity contribution < 1.29 is 31.1 Å². The summed E-state index contributed by atoms with van der Waals surface area (Å²) in [6.07, 6.45) is -4.05. The number of nitrogens with one attached hydrogen (secondary N) is 1. The molecule has 0 spiro atoms. The third-order valence-electron chi connectivity index (χ3n) is 5.11. The van der Waals surface area contributed by atoms with Gasteiger partial charge in [0, 0.05) is 29.7 Å². The van der Waals surface area contributed by atoms with Crippen LogP contribution in [0.2, 0.25) is 5.02 Å². The zero-order valence-corrected chi connectivity index (χ0v) is 18.7. The molecule has 0 bridgehead atoms. The van der Waals surface area contributed by atoms with Crippen LogP contribution in [0.1, 0.15) is 25.3 Å². The molecular formula is C21H22ClF3N2O4S. The molecule has 6 nitrogen and oxygen atoms in total. The summed E-state index contributed by atoms with van der Waals surface area (Å²) in [4.78, 5) is 12.5. The van der Waals surface area contributed by atoms with Crippen molar-refractivity contribution in [2.24, 2.45) is 5.92 Å².